The Hall–Kier alpha value is -2.49. The summed E-state index contributed by atoms with van der Waals surface area (Å²) >= 11 is 6.06. The number of ether oxygens (including phenoxy) is 2. The number of amides is 1. The molecule has 4 rings (SSSR count). The molecule has 2 aromatic rings. The van der Waals surface area contributed by atoms with Crippen LogP contribution in [0, 0.1) is 0 Å². The molecular formula is C17H19ClN6O3. The van der Waals surface area contributed by atoms with Gasteiger partial charge in [0.05, 0.1) is 19.8 Å². The molecule has 0 radical (unpaired) electrons. The number of benzene rings is 1. The van der Waals surface area contributed by atoms with E-state index in [0.29, 0.717) is 51.4 Å². The molecule has 0 saturated carbocycles. The molecule has 0 aliphatic carbocycles. The van der Waals surface area contributed by atoms with Gasteiger partial charge in [0, 0.05) is 31.0 Å². The minimum atomic E-state index is -0.0404. The van der Waals surface area contributed by atoms with Crippen molar-refractivity contribution in [1.29, 1.82) is 0 Å². The highest BCUT2D eigenvalue weighted by Crippen LogP contribution is 2.22. The van der Waals surface area contributed by atoms with Crippen LogP contribution < -0.4 is 15.1 Å². The maximum Gasteiger partial charge on any atom is 0.253 e. The van der Waals surface area contributed by atoms with Gasteiger partial charge in [-0.15, -0.1) is 0 Å². The van der Waals surface area contributed by atoms with Gasteiger partial charge < -0.3 is 24.6 Å². The zero-order chi connectivity index (χ0) is 18.6. The summed E-state index contributed by atoms with van der Waals surface area (Å²) in [7, 11) is 0. The van der Waals surface area contributed by atoms with Crippen molar-refractivity contribution in [3.63, 3.8) is 0 Å². The lowest BCUT2D eigenvalue weighted by Crippen LogP contribution is -2.41. The minimum Gasteiger partial charge on any atom is -0.378 e. The van der Waals surface area contributed by atoms with E-state index in [-0.39, 0.29) is 17.8 Å². The summed E-state index contributed by atoms with van der Waals surface area (Å²) in [5.74, 6) is 0.851. The molecule has 142 valence electrons. The van der Waals surface area contributed by atoms with Crippen molar-refractivity contribution in [1.82, 2.24) is 15.0 Å². The lowest BCUT2D eigenvalue weighted by Gasteiger charge is -2.27. The molecule has 0 unspecified atom stereocenters. The number of nitrogens with zero attached hydrogens (tertiary/aromatic N) is 5. The predicted octanol–water partition coefficient (Wildman–Crippen LogP) is 1.47. The fourth-order valence-corrected chi connectivity index (χ4v) is 3.10. The van der Waals surface area contributed by atoms with Crippen molar-refractivity contribution in [2.45, 2.75) is 0 Å². The summed E-state index contributed by atoms with van der Waals surface area (Å²) in [6, 6.07) is 7.48. The summed E-state index contributed by atoms with van der Waals surface area (Å²) < 4.78 is 10.5. The normalized spacial score (nSPS) is 17.9. The predicted molar refractivity (Wildman–Crippen MR) is 101 cm³/mol. The summed E-state index contributed by atoms with van der Waals surface area (Å²) in [4.78, 5) is 28.4. The van der Waals surface area contributed by atoms with Crippen LogP contribution in [0.4, 0.5) is 23.3 Å². The Morgan fingerprint density at radius 2 is 1.70 bits per heavy atom. The summed E-state index contributed by atoms with van der Waals surface area (Å²) in [5.41, 5.74) is 1.62. The fraction of sp³-hybridized carbons (Fsp3) is 0.412. The van der Waals surface area contributed by atoms with Gasteiger partial charge in [-0.1, -0.05) is 0 Å². The second-order valence-corrected chi connectivity index (χ2v) is 6.44. The van der Waals surface area contributed by atoms with Gasteiger partial charge in [-0.25, -0.2) is 0 Å². The Kier molecular flexibility index (Phi) is 5.33. The number of carbonyl (C=O) groups excluding carboxylic acids is 1. The summed E-state index contributed by atoms with van der Waals surface area (Å²) in [6.45, 7) is 3.90. The zero-order valence-electron chi connectivity index (χ0n) is 14.6. The van der Waals surface area contributed by atoms with Gasteiger partial charge in [0.2, 0.25) is 17.2 Å². The average molecular weight is 391 g/mol. The van der Waals surface area contributed by atoms with Crippen LogP contribution in [-0.4, -0.2) is 66.9 Å². The van der Waals surface area contributed by atoms with Gasteiger partial charge in [0.15, 0.2) is 0 Å². The first kappa shape index (κ1) is 17.9. The van der Waals surface area contributed by atoms with Crippen LogP contribution >= 0.6 is 11.6 Å². The molecule has 9 nitrogen and oxygen atoms in total. The topological polar surface area (TPSA) is 92.7 Å². The molecule has 1 amide bonds. The van der Waals surface area contributed by atoms with Crippen LogP contribution in [0.25, 0.3) is 0 Å². The Balaban J connectivity index is 1.48. The molecule has 10 heteroatoms. The smallest absolute Gasteiger partial charge is 0.253 e. The number of rotatable bonds is 4. The van der Waals surface area contributed by atoms with E-state index < -0.39 is 0 Å². The molecule has 3 heterocycles. The van der Waals surface area contributed by atoms with Crippen molar-refractivity contribution in [3.8, 4) is 0 Å². The average Bonchev–Trinajstić information content (AvgIpc) is 2.69. The molecule has 0 bridgehead atoms. The van der Waals surface area contributed by atoms with Gasteiger partial charge >= 0.3 is 0 Å². The first-order chi connectivity index (χ1) is 13.2. The van der Waals surface area contributed by atoms with Gasteiger partial charge in [0.25, 0.3) is 5.91 Å². The molecule has 0 atom stereocenters. The van der Waals surface area contributed by atoms with Crippen LogP contribution in [0.3, 0.4) is 0 Å². The van der Waals surface area contributed by atoms with Gasteiger partial charge in [-0.3, -0.25) is 4.79 Å². The van der Waals surface area contributed by atoms with Crippen LogP contribution in [0.1, 0.15) is 0 Å². The maximum absolute atomic E-state index is 11.9. The van der Waals surface area contributed by atoms with Gasteiger partial charge in [0.1, 0.15) is 6.61 Å². The Labute approximate surface area is 161 Å². The van der Waals surface area contributed by atoms with E-state index >= 15 is 0 Å². The highest BCUT2D eigenvalue weighted by molar-refractivity contribution is 6.28. The number of hydrogen-bond donors (Lipinski definition) is 1. The lowest BCUT2D eigenvalue weighted by molar-refractivity contribution is -0.125. The second-order valence-electron chi connectivity index (χ2n) is 6.10. The number of morpholine rings is 2. The van der Waals surface area contributed by atoms with E-state index in [1.807, 2.05) is 29.2 Å². The zero-order valence-corrected chi connectivity index (χ0v) is 15.4. The second kappa shape index (κ2) is 8.03. The SMILES string of the molecule is O=C1COCCN1c1ccc(Nc2nc(Cl)nc(N3CCOCC3)n2)cc1. The first-order valence-electron chi connectivity index (χ1n) is 8.68. The molecule has 2 fully saturated rings. The Morgan fingerprint density at radius 3 is 2.44 bits per heavy atom. The number of aromatic nitrogens is 3. The number of halogens is 1. The van der Waals surface area contributed by atoms with E-state index in [0.717, 1.165) is 11.4 Å². The molecule has 2 aliphatic heterocycles. The van der Waals surface area contributed by atoms with Crippen LogP contribution in [0.2, 0.25) is 5.28 Å². The number of carbonyl (C=O) groups is 1. The summed E-state index contributed by atoms with van der Waals surface area (Å²) in [6.07, 6.45) is 0. The maximum atomic E-state index is 11.9. The standard InChI is InChI=1S/C17H19ClN6O3/c18-15-20-16(22-17(21-15)23-5-8-26-9-6-23)19-12-1-3-13(4-2-12)24-7-10-27-11-14(24)25/h1-4H,5-11H2,(H,19,20,21,22). The highest BCUT2D eigenvalue weighted by atomic mass is 35.5. The third kappa shape index (κ3) is 4.26. The lowest BCUT2D eigenvalue weighted by atomic mass is 10.2. The molecule has 1 aromatic heterocycles. The molecule has 2 saturated heterocycles. The Morgan fingerprint density at radius 1 is 0.963 bits per heavy atom. The molecule has 2 aliphatic rings. The number of anilines is 4. The first-order valence-corrected chi connectivity index (χ1v) is 9.06. The van der Waals surface area contributed by atoms with Gasteiger partial charge in [-0.05, 0) is 35.9 Å². The van der Waals surface area contributed by atoms with E-state index in [1.165, 1.54) is 0 Å². The molecule has 27 heavy (non-hydrogen) atoms. The number of hydrogen-bond acceptors (Lipinski definition) is 8. The van der Waals surface area contributed by atoms with Crippen LogP contribution in [-0.2, 0) is 14.3 Å². The van der Waals surface area contributed by atoms with Crippen molar-refractivity contribution in [2.24, 2.45) is 0 Å². The van der Waals surface area contributed by atoms with Crippen molar-refractivity contribution >= 4 is 40.8 Å². The van der Waals surface area contributed by atoms with Crippen LogP contribution in [0.15, 0.2) is 24.3 Å². The summed E-state index contributed by atoms with van der Waals surface area (Å²) in [5, 5.41) is 3.26. The van der Waals surface area contributed by atoms with E-state index in [1.54, 1.807) is 4.90 Å². The van der Waals surface area contributed by atoms with Crippen molar-refractivity contribution in [3.05, 3.63) is 29.5 Å². The monoisotopic (exact) mass is 390 g/mol. The largest absolute Gasteiger partial charge is 0.378 e. The van der Waals surface area contributed by atoms with Crippen LogP contribution in [0.5, 0.6) is 0 Å². The molecule has 1 aromatic carbocycles. The molecule has 0 spiro atoms. The minimum absolute atomic E-state index is 0.0404. The molecular weight excluding hydrogens is 372 g/mol. The third-order valence-electron chi connectivity index (χ3n) is 4.31. The molecule has 1 N–H and O–H groups in total. The quantitative estimate of drug-likeness (QED) is 0.839. The van der Waals surface area contributed by atoms with Crippen molar-refractivity contribution in [2.75, 3.05) is 61.2 Å². The van der Waals surface area contributed by atoms with E-state index in [4.69, 9.17) is 21.1 Å². The third-order valence-corrected chi connectivity index (χ3v) is 4.48. The van der Waals surface area contributed by atoms with Gasteiger partial charge in [-0.2, -0.15) is 15.0 Å². The van der Waals surface area contributed by atoms with E-state index in [2.05, 4.69) is 20.3 Å². The van der Waals surface area contributed by atoms with Crippen molar-refractivity contribution < 1.29 is 14.3 Å². The highest BCUT2D eigenvalue weighted by Gasteiger charge is 2.20. The fourth-order valence-electron chi connectivity index (χ4n) is 2.95. The number of nitrogens with one attached hydrogen (secondary N) is 1. The van der Waals surface area contributed by atoms with E-state index in [9.17, 15) is 4.79 Å². The Bertz CT molecular complexity index is 813.